The van der Waals surface area contributed by atoms with Crippen molar-refractivity contribution in [2.24, 2.45) is 0 Å². The van der Waals surface area contributed by atoms with E-state index in [9.17, 15) is 18.0 Å². The van der Waals surface area contributed by atoms with E-state index >= 15 is 0 Å². The monoisotopic (exact) mass is 643 g/mol. The zero-order chi connectivity index (χ0) is 31.3. The van der Waals surface area contributed by atoms with Crippen LogP contribution in [0, 0.1) is 20.8 Å². The van der Waals surface area contributed by atoms with E-state index in [0.29, 0.717) is 21.3 Å². The van der Waals surface area contributed by atoms with Crippen LogP contribution in [0.2, 0.25) is 10.0 Å². The molecule has 0 saturated heterocycles. The molecule has 0 aliphatic heterocycles. The number of benzene rings is 3. The van der Waals surface area contributed by atoms with E-state index in [-0.39, 0.29) is 23.4 Å². The van der Waals surface area contributed by atoms with Gasteiger partial charge in [0.15, 0.2) is 0 Å². The van der Waals surface area contributed by atoms with Crippen LogP contribution in [0.15, 0.2) is 65.6 Å². The number of sulfonamides is 1. The van der Waals surface area contributed by atoms with E-state index in [0.717, 1.165) is 53.1 Å². The molecule has 4 rings (SSSR count). The Morgan fingerprint density at radius 3 is 2.12 bits per heavy atom. The summed E-state index contributed by atoms with van der Waals surface area (Å²) in [4.78, 5) is 29.2. The molecule has 0 bridgehead atoms. The molecule has 1 unspecified atom stereocenters. The summed E-state index contributed by atoms with van der Waals surface area (Å²) in [5, 5.41) is 3.90. The van der Waals surface area contributed by atoms with Crippen molar-refractivity contribution >= 4 is 50.7 Å². The lowest BCUT2D eigenvalue weighted by Gasteiger charge is -2.33. The van der Waals surface area contributed by atoms with Gasteiger partial charge in [0.05, 0.1) is 10.6 Å². The SMILES string of the molecule is Cc1ccc(S(=O)(=O)N(CC(=O)N(Cc2ccc(Cl)cc2Cl)C(C)C(=O)NC2CCCCC2)c2cc(C)cc(C)c2)cc1. The lowest BCUT2D eigenvalue weighted by molar-refractivity contribution is -0.139. The minimum Gasteiger partial charge on any atom is -0.352 e. The Bertz CT molecular complexity index is 1550. The second kappa shape index (κ2) is 14.1. The van der Waals surface area contributed by atoms with Gasteiger partial charge in [0, 0.05) is 22.6 Å². The number of hydrogen-bond donors (Lipinski definition) is 1. The van der Waals surface area contributed by atoms with Crippen LogP contribution in [-0.4, -0.2) is 43.8 Å². The molecular weight excluding hydrogens is 605 g/mol. The third kappa shape index (κ3) is 8.31. The smallest absolute Gasteiger partial charge is 0.264 e. The molecule has 0 aromatic heterocycles. The topological polar surface area (TPSA) is 86.8 Å². The third-order valence-corrected chi connectivity index (χ3v) is 10.2. The first kappa shape index (κ1) is 32.8. The van der Waals surface area contributed by atoms with Crippen molar-refractivity contribution in [3.05, 3.63) is 93.0 Å². The van der Waals surface area contributed by atoms with Crippen molar-refractivity contribution in [2.45, 2.75) is 83.3 Å². The quantitative estimate of drug-likeness (QED) is 0.258. The summed E-state index contributed by atoms with van der Waals surface area (Å²) in [6, 6.07) is 16.1. The van der Waals surface area contributed by atoms with Crippen LogP contribution in [0.4, 0.5) is 5.69 Å². The minimum absolute atomic E-state index is 0.000641. The molecule has 1 atom stereocenters. The van der Waals surface area contributed by atoms with Gasteiger partial charge in [-0.15, -0.1) is 0 Å². The Kier molecular flexibility index (Phi) is 10.8. The van der Waals surface area contributed by atoms with Crippen molar-refractivity contribution in [2.75, 3.05) is 10.8 Å². The van der Waals surface area contributed by atoms with Gasteiger partial charge in [0.2, 0.25) is 11.8 Å². The molecule has 1 fully saturated rings. The molecule has 0 radical (unpaired) electrons. The van der Waals surface area contributed by atoms with Gasteiger partial charge >= 0.3 is 0 Å². The van der Waals surface area contributed by atoms with Gasteiger partial charge in [0.1, 0.15) is 12.6 Å². The average Bonchev–Trinajstić information content (AvgIpc) is 2.95. The predicted octanol–water partition coefficient (Wildman–Crippen LogP) is 6.98. The zero-order valence-corrected chi connectivity index (χ0v) is 27.4. The lowest BCUT2D eigenvalue weighted by Crippen LogP contribution is -2.53. The van der Waals surface area contributed by atoms with Crippen molar-refractivity contribution in [3.8, 4) is 0 Å². The first-order chi connectivity index (χ1) is 20.3. The second-order valence-corrected chi connectivity index (χ2v) is 14.2. The number of nitrogens with one attached hydrogen (secondary N) is 1. The molecule has 43 heavy (non-hydrogen) atoms. The number of carbonyl (C=O) groups excluding carboxylic acids is 2. The van der Waals surface area contributed by atoms with Crippen LogP contribution in [0.1, 0.15) is 61.3 Å². The molecule has 3 aromatic carbocycles. The Labute approximate surface area is 265 Å². The molecule has 10 heteroatoms. The van der Waals surface area contributed by atoms with Gasteiger partial charge < -0.3 is 10.2 Å². The number of hydrogen-bond acceptors (Lipinski definition) is 4. The molecule has 2 amide bonds. The van der Waals surface area contributed by atoms with Gasteiger partial charge in [-0.25, -0.2) is 8.42 Å². The van der Waals surface area contributed by atoms with Gasteiger partial charge in [-0.3, -0.25) is 13.9 Å². The van der Waals surface area contributed by atoms with E-state index in [1.165, 1.54) is 17.0 Å². The first-order valence-corrected chi connectivity index (χ1v) is 16.8. The second-order valence-electron chi connectivity index (χ2n) is 11.4. The average molecular weight is 645 g/mol. The molecule has 7 nitrogen and oxygen atoms in total. The predicted molar refractivity (Wildman–Crippen MR) is 173 cm³/mol. The van der Waals surface area contributed by atoms with Gasteiger partial charge in [0.25, 0.3) is 10.0 Å². The number of amides is 2. The Balaban J connectivity index is 1.72. The fraction of sp³-hybridized carbons (Fsp3) is 0.394. The fourth-order valence-corrected chi connectivity index (χ4v) is 7.31. The first-order valence-electron chi connectivity index (χ1n) is 14.6. The highest BCUT2D eigenvalue weighted by Crippen LogP contribution is 2.28. The lowest BCUT2D eigenvalue weighted by atomic mass is 9.95. The zero-order valence-electron chi connectivity index (χ0n) is 25.1. The highest BCUT2D eigenvalue weighted by Gasteiger charge is 2.33. The molecule has 3 aromatic rings. The van der Waals surface area contributed by atoms with E-state index in [4.69, 9.17) is 23.2 Å². The van der Waals surface area contributed by atoms with Crippen LogP contribution in [0.25, 0.3) is 0 Å². The number of rotatable bonds is 10. The largest absolute Gasteiger partial charge is 0.352 e. The summed E-state index contributed by atoms with van der Waals surface area (Å²) >= 11 is 12.6. The normalized spacial score (nSPS) is 14.7. The Hall–Kier alpha value is -3.07. The molecule has 1 N–H and O–H groups in total. The minimum atomic E-state index is -4.15. The van der Waals surface area contributed by atoms with Crippen LogP contribution >= 0.6 is 23.2 Å². The maximum atomic E-state index is 14.2. The van der Waals surface area contributed by atoms with Gasteiger partial charge in [-0.1, -0.05) is 72.3 Å². The van der Waals surface area contributed by atoms with Crippen LogP contribution in [-0.2, 0) is 26.2 Å². The summed E-state index contributed by atoms with van der Waals surface area (Å²) in [7, 11) is -4.15. The summed E-state index contributed by atoms with van der Waals surface area (Å²) in [5.41, 5.74) is 3.59. The van der Waals surface area contributed by atoms with E-state index in [1.54, 1.807) is 49.4 Å². The maximum absolute atomic E-state index is 14.2. The third-order valence-electron chi connectivity index (χ3n) is 7.86. The van der Waals surface area contributed by atoms with Crippen molar-refractivity contribution in [3.63, 3.8) is 0 Å². The van der Waals surface area contributed by atoms with Crippen LogP contribution in [0.3, 0.4) is 0 Å². The Morgan fingerprint density at radius 1 is 0.884 bits per heavy atom. The summed E-state index contributed by atoms with van der Waals surface area (Å²) in [6.45, 7) is 6.78. The summed E-state index contributed by atoms with van der Waals surface area (Å²) in [5.74, 6) is -0.822. The standard InChI is InChI=1S/C33H39Cl2N3O4S/c1-22-10-14-30(15-11-22)43(41,42)38(29-17-23(2)16-24(3)18-29)21-32(39)37(20-26-12-13-27(34)19-31(26)35)25(4)33(40)36-28-8-6-5-7-9-28/h10-19,25,28H,5-9,20-21H2,1-4H3,(H,36,40). The highest BCUT2D eigenvalue weighted by molar-refractivity contribution is 7.92. The summed E-state index contributed by atoms with van der Waals surface area (Å²) in [6.07, 6.45) is 5.02. The number of anilines is 1. The molecule has 1 aliphatic rings. The van der Waals surface area contributed by atoms with Crippen LogP contribution < -0.4 is 9.62 Å². The van der Waals surface area contributed by atoms with E-state index in [2.05, 4.69) is 5.32 Å². The Morgan fingerprint density at radius 2 is 1.51 bits per heavy atom. The number of aryl methyl sites for hydroxylation is 3. The molecule has 230 valence electrons. The molecular formula is C33H39Cl2N3O4S. The van der Waals surface area contributed by atoms with Gasteiger partial charge in [-0.05, 0) is 93.6 Å². The molecule has 1 aliphatic carbocycles. The van der Waals surface area contributed by atoms with Crippen molar-refractivity contribution in [1.29, 1.82) is 0 Å². The van der Waals surface area contributed by atoms with Gasteiger partial charge in [-0.2, -0.15) is 0 Å². The van der Waals surface area contributed by atoms with Crippen molar-refractivity contribution < 1.29 is 18.0 Å². The summed E-state index contributed by atoms with van der Waals surface area (Å²) < 4.78 is 29.3. The molecule has 0 spiro atoms. The van der Waals surface area contributed by atoms with Crippen molar-refractivity contribution in [1.82, 2.24) is 10.2 Å². The maximum Gasteiger partial charge on any atom is 0.264 e. The highest BCUT2D eigenvalue weighted by atomic mass is 35.5. The number of nitrogens with zero attached hydrogens (tertiary/aromatic N) is 2. The van der Waals surface area contributed by atoms with Crippen LogP contribution in [0.5, 0.6) is 0 Å². The number of carbonyl (C=O) groups is 2. The molecule has 1 saturated carbocycles. The van der Waals surface area contributed by atoms with E-state index < -0.39 is 28.5 Å². The number of halogens is 2. The van der Waals surface area contributed by atoms with E-state index in [1.807, 2.05) is 26.8 Å². The fourth-order valence-electron chi connectivity index (χ4n) is 5.45. The molecule has 0 heterocycles.